The van der Waals surface area contributed by atoms with E-state index < -0.39 is 0 Å². The molecule has 0 aliphatic carbocycles. The van der Waals surface area contributed by atoms with Crippen molar-refractivity contribution >= 4 is 0 Å². The molecule has 0 fully saturated rings. The van der Waals surface area contributed by atoms with Crippen molar-refractivity contribution in [1.82, 2.24) is 0 Å². The molecule has 9 heavy (non-hydrogen) atoms. The molecule has 48 valence electrons. The zero-order chi connectivity index (χ0) is 7.11. The van der Waals surface area contributed by atoms with E-state index in [4.69, 9.17) is 11.5 Å². The molecule has 0 aromatic rings. The third-order valence-electron chi connectivity index (χ3n) is 0.846. The van der Waals surface area contributed by atoms with Gasteiger partial charge in [-0.25, -0.2) is 0 Å². The Bertz CT molecular complexity index is 158. The average Bonchev–Trinajstić information content (AvgIpc) is 1.91. The van der Waals surface area contributed by atoms with Crippen LogP contribution in [-0.4, -0.2) is 11.7 Å². The van der Waals surface area contributed by atoms with Crippen LogP contribution in [0.2, 0.25) is 0 Å². The summed E-state index contributed by atoms with van der Waals surface area (Å²) >= 11 is 0. The van der Waals surface area contributed by atoms with Crippen LogP contribution in [0.15, 0.2) is 23.8 Å². The standard InChI is InChI=1S/C8H10O/c1-3-5-6-8(4-2)7-9/h2-3,5-6,9H,7H2,1H3/b5-3-,8-6+. The molecule has 0 radical (unpaired) electrons. The van der Waals surface area contributed by atoms with Crippen molar-refractivity contribution in [1.29, 1.82) is 0 Å². The van der Waals surface area contributed by atoms with Crippen molar-refractivity contribution < 1.29 is 5.11 Å². The van der Waals surface area contributed by atoms with Gasteiger partial charge in [-0.15, -0.1) is 6.42 Å². The normalized spacial score (nSPS) is 11.9. The topological polar surface area (TPSA) is 20.2 Å². The minimum atomic E-state index is -0.0547. The summed E-state index contributed by atoms with van der Waals surface area (Å²) in [6, 6.07) is 0. The van der Waals surface area contributed by atoms with Crippen molar-refractivity contribution in [3.8, 4) is 12.3 Å². The van der Waals surface area contributed by atoms with E-state index >= 15 is 0 Å². The lowest BCUT2D eigenvalue weighted by atomic mass is 10.3. The Morgan fingerprint density at radius 1 is 1.78 bits per heavy atom. The molecule has 0 aromatic heterocycles. The van der Waals surface area contributed by atoms with Crippen molar-refractivity contribution in [2.45, 2.75) is 6.92 Å². The highest BCUT2D eigenvalue weighted by Crippen LogP contribution is 1.89. The van der Waals surface area contributed by atoms with E-state index in [-0.39, 0.29) is 6.61 Å². The van der Waals surface area contributed by atoms with Crippen molar-refractivity contribution in [3.05, 3.63) is 23.8 Å². The van der Waals surface area contributed by atoms with Crippen LogP contribution >= 0.6 is 0 Å². The summed E-state index contributed by atoms with van der Waals surface area (Å²) in [7, 11) is 0. The Balaban J connectivity index is 3.96. The summed E-state index contributed by atoms with van der Waals surface area (Å²) in [5.74, 6) is 2.35. The van der Waals surface area contributed by atoms with Gasteiger partial charge in [0, 0.05) is 5.57 Å². The Kier molecular flexibility index (Phi) is 4.57. The maximum atomic E-state index is 8.51. The predicted octanol–water partition coefficient (Wildman–Crippen LogP) is 1.11. The highest BCUT2D eigenvalue weighted by atomic mass is 16.3. The summed E-state index contributed by atoms with van der Waals surface area (Å²) in [5.41, 5.74) is 0.605. The first-order valence-electron chi connectivity index (χ1n) is 2.74. The molecule has 0 aliphatic rings. The summed E-state index contributed by atoms with van der Waals surface area (Å²) < 4.78 is 0. The van der Waals surface area contributed by atoms with Gasteiger partial charge in [0.2, 0.25) is 0 Å². The Hall–Kier alpha value is -1.00. The maximum absolute atomic E-state index is 8.51. The molecule has 0 spiro atoms. The van der Waals surface area contributed by atoms with E-state index in [1.54, 1.807) is 12.2 Å². The predicted molar refractivity (Wildman–Crippen MR) is 38.8 cm³/mol. The Labute approximate surface area is 55.7 Å². The van der Waals surface area contributed by atoms with Crippen LogP contribution in [0, 0.1) is 12.3 Å². The average molecular weight is 122 g/mol. The van der Waals surface area contributed by atoms with E-state index in [9.17, 15) is 0 Å². The van der Waals surface area contributed by atoms with Crippen LogP contribution in [-0.2, 0) is 0 Å². The smallest absolute Gasteiger partial charge is 0.0760 e. The monoisotopic (exact) mass is 122 g/mol. The second-order valence-corrected chi connectivity index (χ2v) is 1.52. The van der Waals surface area contributed by atoms with Crippen LogP contribution in [0.5, 0.6) is 0 Å². The molecule has 0 saturated heterocycles. The number of terminal acetylenes is 1. The minimum Gasteiger partial charge on any atom is -0.391 e. The molecule has 0 amide bonds. The highest BCUT2D eigenvalue weighted by molar-refractivity contribution is 5.29. The summed E-state index contributed by atoms with van der Waals surface area (Å²) in [5, 5.41) is 8.51. The molecule has 0 saturated carbocycles. The lowest BCUT2D eigenvalue weighted by Gasteiger charge is -1.86. The van der Waals surface area contributed by atoms with Crippen LogP contribution in [0.4, 0.5) is 0 Å². The number of hydrogen-bond acceptors (Lipinski definition) is 1. The Morgan fingerprint density at radius 3 is 2.78 bits per heavy atom. The molecule has 0 aromatic carbocycles. The van der Waals surface area contributed by atoms with Gasteiger partial charge in [-0.05, 0) is 13.0 Å². The number of rotatable bonds is 2. The van der Waals surface area contributed by atoms with E-state index in [1.807, 2.05) is 13.0 Å². The second kappa shape index (κ2) is 5.14. The van der Waals surface area contributed by atoms with Crippen molar-refractivity contribution in [2.24, 2.45) is 0 Å². The second-order valence-electron chi connectivity index (χ2n) is 1.52. The molecule has 1 heteroatoms. The summed E-state index contributed by atoms with van der Waals surface area (Å²) in [6.45, 7) is 1.84. The molecular weight excluding hydrogens is 112 g/mol. The van der Waals surface area contributed by atoms with Gasteiger partial charge in [-0.3, -0.25) is 0 Å². The minimum absolute atomic E-state index is 0.0547. The van der Waals surface area contributed by atoms with E-state index in [0.29, 0.717) is 5.57 Å². The molecule has 0 aliphatic heterocycles. The lowest BCUT2D eigenvalue weighted by Crippen LogP contribution is -1.83. The van der Waals surface area contributed by atoms with Gasteiger partial charge in [0.15, 0.2) is 0 Å². The molecule has 0 heterocycles. The van der Waals surface area contributed by atoms with Gasteiger partial charge in [0.05, 0.1) is 6.61 Å². The Morgan fingerprint density at radius 2 is 2.44 bits per heavy atom. The third kappa shape index (κ3) is 3.57. The quantitative estimate of drug-likeness (QED) is 0.429. The van der Waals surface area contributed by atoms with Gasteiger partial charge in [0.1, 0.15) is 0 Å². The van der Waals surface area contributed by atoms with Crippen LogP contribution in [0.3, 0.4) is 0 Å². The first-order valence-corrected chi connectivity index (χ1v) is 2.74. The summed E-state index contributed by atoms with van der Waals surface area (Å²) in [6.07, 6.45) is 10.4. The van der Waals surface area contributed by atoms with Crippen LogP contribution in [0.1, 0.15) is 6.92 Å². The van der Waals surface area contributed by atoms with Gasteiger partial charge in [0.25, 0.3) is 0 Å². The SMILES string of the molecule is C#C/C(=C\C=C/C)CO. The molecule has 0 unspecified atom stereocenters. The van der Waals surface area contributed by atoms with Gasteiger partial charge >= 0.3 is 0 Å². The van der Waals surface area contributed by atoms with E-state index in [2.05, 4.69) is 5.92 Å². The van der Waals surface area contributed by atoms with E-state index in [1.165, 1.54) is 0 Å². The highest BCUT2D eigenvalue weighted by Gasteiger charge is 1.81. The fraction of sp³-hybridized carbons (Fsp3) is 0.250. The number of aliphatic hydroxyl groups excluding tert-OH is 1. The van der Waals surface area contributed by atoms with Crippen LogP contribution in [0.25, 0.3) is 0 Å². The molecule has 0 bridgehead atoms. The fourth-order valence-corrected chi connectivity index (χ4v) is 0.359. The molecule has 1 nitrogen and oxygen atoms in total. The number of hydrogen-bond donors (Lipinski definition) is 1. The lowest BCUT2D eigenvalue weighted by molar-refractivity contribution is 0.336. The number of aliphatic hydroxyl groups is 1. The molecule has 0 atom stereocenters. The maximum Gasteiger partial charge on any atom is 0.0760 e. The first-order chi connectivity index (χ1) is 4.35. The van der Waals surface area contributed by atoms with Gasteiger partial charge < -0.3 is 5.11 Å². The van der Waals surface area contributed by atoms with Crippen molar-refractivity contribution in [3.63, 3.8) is 0 Å². The first kappa shape index (κ1) is 8.00. The van der Waals surface area contributed by atoms with Crippen LogP contribution < -0.4 is 0 Å². The molecule has 0 rings (SSSR count). The largest absolute Gasteiger partial charge is 0.391 e. The zero-order valence-corrected chi connectivity index (χ0v) is 5.46. The van der Waals surface area contributed by atoms with Gasteiger partial charge in [-0.2, -0.15) is 0 Å². The third-order valence-corrected chi connectivity index (χ3v) is 0.846. The number of allylic oxidation sites excluding steroid dienone is 3. The molecular formula is C8H10O. The molecule has 1 N–H and O–H groups in total. The van der Waals surface area contributed by atoms with E-state index in [0.717, 1.165) is 0 Å². The fourth-order valence-electron chi connectivity index (χ4n) is 0.359. The van der Waals surface area contributed by atoms with Gasteiger partial charge in [-0.1, -0.05) is 18.1 Å². The van der Waals surface area contributed by atoms with Crippen molar-refractivity contribution in [2.75, 3.05) is 6.61 Å². The summed E-state index contributed by atoms with van der Waals surface area (Å²) in [4.78, 5) is 0. The zero-order valence-electron chi connectivity index (χ0n) is 5.46.